The van der Waals surface area contributed by atoms with Crippen molar-refractivity contribution in [3.63, 3.8) is 0 Å². The van der Waals surface area contributed by atoms with Crippen LogP contribution in [-0.4, -0.2) is 64.2 Å². The fourth-order valence-corrected chi connectivity index (χ4v) is 4.31. The number of carbonyl (C=O) groups excluding carboxylic acids is 1. The number of sulfonamides is 1. The largest absolute Gasteiger partial charge is 0.376 e. The molecule has 1 fully saturated rings. The first kappa shape index (κ1) is 19.0. The van der Waals surface area contributed by atoms with E-state index in [0.717, 1.165) is 6.42 Å². The van der Waals surface area contributed by atoms with Crippen LogP contribution in [0.25, 0.3) is 0 Å². The van der Waals surface area contributed by atoms with Gasteiger partial charge in [-0.2, -0.15) is 4.31 Å². The Morgan fingerprint density at radius 2 is 2.19 bits per heavy atom. The van der Waals surface area contributed by atoms with Gasteiger partial charge in [0.1, 0.15) is 0 Å². The Balaban J connectivity index is 1.68. The highest BCUT2D eigenvalue weighted by Gasteiger charge is 2.26. The maximum Gasteiger partial charge on any atom is 0.251 e. The van der Waals surface area contributed by atoms with Crippen molar-refractivity contribution in [2.24, 2.45) is 0 Å². The predicted octanol–water partition coefficient (Wildman–Crippen LogP) is 1.17. The van der Waals surface area contributed by atoms with Gasteiger partial charge in [-0.3, -0.25) is 4.79 Å². The molecule has 3 rings (SSSR count). The van der Waals surface area contributed by atoms with Crippen LogP contribution in [0, 0.1) is 0 Å². The number of rotatable bonds is 5. The lowest BCUT2D eigenvalue weighted by Gasteiger charge is -2.25. The van der Waals surface area contributed by atoms with Crippen LogP contribution in [0.2, 0.25) is 0 Å². The van der Waals surface area contributed by atoms with Gasteiger partial charge in [0.2, 0.25) is 10.0 Å². The molecule has 26 heavy (non-hydrogen) atoms. The smallest absolute Gasteiger partial charge is 0.251 e. The van der Waals surface area contributed by atoms with Gasteiger partial charge < -0.3 is 14.8 Å². The third kappa shape index (κ3) is 4.50. The molecule has 142 valence electrons. The molecule has 2 heterocycles. The van der Waals surface area contributed by atoms with Crippen molar-refractivity contribution in [2.45, 2.75) is 24.3 Å². The van der Waals surface area contributed by atoms with E-state index in [9.17, 15) is 13.2 Å². The zero-order valence-corrected chi connectivity index (χ0v) is 15.6. The van der Waals surface area contributed by atoms with E-state index < -0.39 is 10.0 Å². The summed E-state index contributed by atoms with van der Waals surface area (Å²) in [6.07, 6.45) is 2.47. The van der Waals surface area contributed by atoms with E-state index in [1.165, 1.54) is 22.0 Å². The molecule has 1 N–H and O–H groups in total. The molecule has 2 aliphatic heterocycles. The van der Waals surface area contributed by atoms with Crippen molar-refractivity contribution in [1.82, 2.24) is 9.62 Å². The summed E-state index contributed by atoms with van der Waals surface area (Å²) in [6.45, 7) is 4.66. The van der Waals surface area contributed by atoms with Crippen molar-refractivity contribution >= 4 is 15.9 Å². The van der Waals surface area contributed by atoms with Gasteiger partial charge in [-0.15, -0.1) is 0 Å². The molecule has 0 radical (unpaired) electrons. The minimum atomic E-state index is -3.61. The standard InChI is InChI=1S/C18H24N2O5S/c1-14-5-7-20(8-6-14)26(22,23)17-4-2-3-15(11-17)18(21)19-12-16-13-24-9-10-25-16/h2-5,11,16H,6-10,12-13H2,1H3,(H,19,21). The van der Waals surface area contributed by atoms with E-state index >= 15 is 0 Å². The first-order valence-corrected chi connectivity index (χ1v) is 10.1. The molecule has 0 spiro atoms. The van der Waals surface area contributed by atoms with Crippen molar-refractivity contribution in [3.05, 3.63) is 41.5 Å². The summed E-state index contributed by atoms with van der Waals surface area (Å²) in [6, 6.07) is 6.14. The number of nitrogens with one attached hydrogen (secondary N) is 1. The van der Waals surface area contributed by atoms with Gasteiger partial charge in [-0.1, -0.05) is 17.7 Å². The van der Waals surface area contributed by atoms with Crippen LogP contribution in [0.1, 0.15) is 23.7 Å². The highest BCUT2D eigenvalue weighted by atomic mass is 32.2. The summed E-state index contributed by atoms with van der Waals surface area (Å²) in [5, 5.41) is 2.77. The normalized spacial score (nSPS) is 21.9. The SMILES string of the molecule is CC1=CCN(S(=O)(=O)c2cccc(C(=O)NCC3COCCO3)c2)CC1. The Hall–Kier alpha value is -1.74. The number of ether oxygens (including phenoxy) is 2. The van der Waals surface area contributed by atoms with Gasteiger partial charge in [0, 0.05) is 25.2 Å². The fourth-order valence-electron chi connectivity index (χ4n) is 2.88. The summed E-state index contributed by atoms with van der Waals surface area (Å²) in [5.74, 6) is -0.328. The minimum Gasteiger partial charge on any atom is -0.376 e. The third-order valence-electron chi connectivity index (χ3n) is 4.51. The maximum absolute atomic E-state index is 12.8. The lowest BCUT2D eigenvalue weighted by molar-refractivity contribution is -0.0855. The fraction of sp³-hybridized carbons (Fsp3) is 0.500. The van der Waals surface area contributed by atoms with E-state index in [0.29, 0.717) is 45.0 Å². The molecule has 1 atom stereocenters. The van der Waals surface area contributed by atoms with Crippen LogP contribution in [0.15, 0.2) is 40.8 Å². The first-order chi connectivity index (χ1) is 12.5. The molecule has 0 bridgehead atoms. The second-order valence-corrected chi connectivity index (χ2v) is 8.41. The molecular formula is C18H24N2O5S. The zero-order chi connectivity index (χ0) is 18.6. The molecule has 1 aromatic carbocycles. The van der Waals surface area contributed by atoms with E-state index in [4.69, 9.17) is 9.47 Å². The number of carbonyl (C=O) groups is 1. The molecule has 7 nitrogen and oxygen atoms in total. The van der Waals surface area contributed by atoms with Crippen LogP contribution in [0.5, 0.6) is 0 Å². The molecular weight excluding hydrogens is 356 g/mol. The van der Waals surface area contributed by atoms with Crippen molar-refractivity contribution < 1.29 is 22.7 Å². The predicted molar refractivity (Wildman–Crippen MR) is 96.5 cm³/mol. The lowest BCUT2D eigenvalue weighted by Crippen LogP contribution is -2.39. The van der Waals surface area contributed by atoms with Gasteiger partial charge in [-0.05, 0) is 31.5 Å². The highest BCUT2D eigenvalue weighted by molar-refractivity contribution is 7.89. The third-order valence-corrected chi connectivity index (χ3v) is 6.37. The van der Waals surface area contributed by atoms with Crippen LogP contribution in [-0.2, 0) is 19.5 Å². The number of hydrogen-bond donors (Lipinski definition) is 1. The monoisotopic (exact) mass is 380 g/mol. The van der Waals surface area contributed by atoms with Crippen LogP contribution in [0.3, 0.4) is 0 Å². The summed E-state index contributed by atoms with van der Waals surface area (Å²) in [7, 11) is -3.61. The maximum atomic E-state index is 12.8. The van der Waals surface area contributed by atoms with E-state index in [2.05, 4.69) is 5.32 Å². The van der Waals surface area contributed by atoms with Gasteiger partial charge in [0.25, 0.3) is 5.91 Å². The second-order valence-electron chi connectivity index (χ2n) is 6.47. The van der Waals surface area contributed by atoms with Crippen LogP contribution in [0.4, 0.5) is 0 Å². The number of amides is 1. The Bertz CT molecular complexity index is 785. The molecule has 0 aromatic heterocycles. The van der Waals surface area contributed by atoms with Crippen LogP contribution < -0.4 is 5.32 Å². The topological polar surface area (TPSA) is 84.9 Å². The first-order valence-electron chi connectivity index (χ1n) is 8.70. The number of benzene rings is 1. The van der Waals surface area contributed by atoms with Crippen molar-refractivity contribution in [3.8, 4) is 0 Å². The molecule has 0 saturated carbocycles. The van der Waals surface area contributed by atoms with Gasteiger partial charge in [-0.25, -0.2) is 8.42 Å². The molecule has 2 aliphatic rings. The van der Waals surface area contributed by atoms with Gasteiger partial charge in [0.15, 0.2) is 0 Å². The zero-order valence-electron chi connectivity index (χ0n) is 14.8. The Kier molecular flexibility index (Phi) is 6.08. The van der Waals surface area contributed by atoms with Gasteiger partial charge in [0.05, 0.1) is 30.8 Å². The molecule has 1 amide bonds. The minimum absolute atomic E-state index is 0.135. The summed E-state index contributed by atoms with van der Waals surface area (Å²) in [4.78, 5) is 12.5. The molecule has 1 aromatic rings. The van der Waals surface area contributed by atoms with Gasteiger partial charge >= 0.3 is 0 Å². The van der Waals surface area contributed by atoms with E-state index in [1.807, 2.05) is 13.0 Å². The molecule has 8 heteroatoms. The lowest BCUT2D eigenvalue weighted by atomic mass is 10.1. The second kappa shape index (κ2) is 8.30. The van der Waals surface area contributed by atoms with Crippen LogP contribution >= 0.6 is 0 Å². The number of nitrogens with zero attached hydrogens (tertiary/aromatic N) is 1. The molecule has 1 saturated heterocycles. The Morgan fingerprint density at radius 3 is 2.88 bits per heavy atom. The highest BCUT2D eigenvalue weighted by Crippen LogP contribution is 2.21. The quantitative estimate of drug-likeness (QED) is 0.775. The van der Waals surface area contributed by atoms with Crippen molar-refractivity contribution in [2.75, 3.05) is 39.5 Å². The van der Waals surface area contributed by atoms with E-state index in [-0.39, 0.29) is 16.9 Å². The summed E-state index contributed by atoms with van der Waals surface area (Å²) >= 11 is 0. The Labute approximate surface area is 154 Å². The van der Waals surface area contributed by atoms with E-state index in [1.54, 1.807) is 12.1 Å². The molecule has 0 aliphatic carbocycles. The Morgan fingerprint density at radius 1 is 1.35 bits per heavy atom. The summed E-state index contributed by atoms with van der Waals surface area (Å²) in [5.41, 5.74) is 1.50. The summed E-state index contributed by atoms with van der Waals surface area (Å²) < 4.78 is 37.8. The molecule has 1 unspecified atom stereocenters. The average Bonchev–Trinajstić information content (AvgIpc) is 2.67. The average molecular weight is 380 g/mol. The van der Waals surface area contributed by atoms with Crippen molar-refractivity contribution in [1.29, 1.82) is 0 Å². The number of hydrogen-bond acceptors (Lipinski definition) is 5.